The monoisotopic (exact) mass is 358 g/mol. The topological polar surface area (TPSA) is 58.7 Å². The number of benzene rings is 1. The second-order valence-corrected chi connectivity index (χ2v) is 8.20. The van der Waals surface area contributed by atoms with Crippen LogP contribution in [0.4, 0.5) is 0 Å². The lowest BCUT2D eigenvalue weighted by Gasteiger charge is -2.23. The second kappa shape index (κ2) is 8.55. The molecule has 2 aliphatic rings. The molecule has 1 saturated heterocycles. The normalized spacial score (nSPS) is 22.9. The van der Waals surface area contributed by atoms with Crippen LogP contribution in [0.25, 0.3) is 5.57 Å². The van der Waals surface area contributed by atoms with Gasteiger partial charge in [0, 0.05) is 12.1 Å². The SMILES string of the molecule is CC(C)(O)c1ccc2c(c1)/C(=C/CN1CCCC1)C(CCCN)CCO2. The molecule has 0 spiro atoms. The van der Waals surface area contributed by atoms with Crippen LogP contribution in [0.15, 0.2) is 24.3 Å². The molecule has 2 aliphatic heterocycles. The van der Waals surface area contributed by atoms with Crippen LogP contribution in [-0.2, 0) is 5.60 Å². The van der Waals surface area contributed by atoms with Crippen LogP contribution in [0, 0.1) is 5.92 Å². The molecule has 1 aromatic carbocycles. The summed E-state index contributed by atoms with van der Waals surface area (Å²) in [7, 11) is 0. The maximum absolute atomic E-state index is 10.5. The molecular formula is C22H34N2O2. The predicted octanol–water partition coefficient (Wildman–Crippen LogP) is 3.53. The van der Waals surface area contributed by atoms with Gasteiger partial charge in [0.15, 0.2) is 0 Å². The van der Waals surface area contributed by atoms with Crippen molar-refractivity contribution >= 4 is 5.57 Å². The average Bonchev–Trinajstić information content (AvgIpc) is 3.06. The van der Waals surface area contributed by atoms with Crippen molar-refractivity contribution in [1.82, 2.24) is 4.90 Å². The molecular weight excluding hydrogens is 324 g/mol. The lowest BCUT2D eigenvalue weighted by Crippen LogP contribution is -2.20. The first-order valence-corrected chi connectivity index (χ1v) is 10.1. The van der Waals surface area contributed by atoms with E-state index in [9.17, 15) is 5.11 Å². The minimum atomic E-state index is -0.853. The molecule has 1 atom stereocenters. The lowest BCUT2D eigenvalue weighted by molar-refractivity contribution is 0.0785. The summed E-state index contributed by atoms with van der Waals surface area (Å²) in [5.74, 6) is 1.42. The van der Waals surface area contributed by atoms with Gasteiger partial charge in [0.2, 0.25) is 0 Å². The fraction of sp³-hybridized carbons (Fsp3) is 0.636. The zero-order valence-corrected chi connectivity index (χ0v) is 16.3. The Morgan fingerprint density at radius 1 is 1.31 bits per heavy atom. The van der Waals surface area contributed by atoms with E-state index >= 15 is 0 Å². The fourth-order valence-electron chi connectivity index (χ4n) is 4.08. The summed E-state index contributed by atoms with van der Waals surface area (Å²) in [6.45, 7) is 8.55. The van der Waals surface area contributed by atoms with Gasteiger partial charge in [-0.1, -0.05) is 12.1 Å². The predicted molar refractivity (Wildman–Crippen MR) is 107 cm³/mol. The summed E-state index contributed by atoms with van der Waals surface area (Å²) < 4.78 is 6.06. The highest BCUT2D eigenvalue weighted by molar-refractivity contribution is 5.73. The van der Waals surface area contributed by atoms with Gasteiger partial charge < -0.3 is 15.6 Å². The van der Waals surface area contributed by atoms with Crippen LogP contribution in [0.3, 0.4) is 0 Å². The van der Waals surface area contributed by atoms with Gasteiger partial charge in [-0.3, -0.25) is 4.90 Å². The van der Waals surface area contributed by atoms with Gasteiger partial charge in [-0.05, 0) is 94.8 Å². The molecule has 0 amide bonds. The molecule has 1 fully saturated rings. The molecule has 0 aromatic heterocycles. The molecule has 0 aliphatic carbocycles. The van der Waals surface area contributed by atoms with Crippen LogP contribution >= 0.6 is 0 Å². The van der Waals surface area contributed by atoms with Gasteiger partial charge in [0.25, 0.3) is 0 Å². The number of hydrogen-bond donors (Lipinski definition) is 2. The van der Waals surface area contributed by atoms with E-state index < -0.39 is 5.60 Å². The third-order valence-corrected chi connectivity index (χ3v) is 5.69. The summed E-state index contributed by atoms with van der Waals surface area (Å²) >= 11 is 0. The number of allylic oxidation sites excluding steroid dienone is 1. The number of hydrogen-bond acceptors (Lipinski definition) is 4. The van der Waals surface area contributed by atoms with Crippen molar-refractivity contribution in [2.75, 3.05) is 32.8 Å². The van der Waals surface area contributed by atoms with Crippen LogP contribution in [0.1, 0.15) is 57.1 Å². The quantitative estimate of drug-likeness (QED) is 0.817. The van der Waals surface area contributed by atoms with Crippen molar-refractivity contribution in [3.63, 3.8) is 0 Å². The first-order chi connectivity index (χ1) is 12.5. The largest absolute Gasteiger partial charge is 0.493 e. The Bertz CT molecular complexity index is 626. The van der Waals surface area contributed by atoms with Gasteiger partial charge in [-0.15, -0.1) is 0 Å². The highest BCUT2D eigenvalue weighted by atomic mass is 16.5. The van der Waals surface area contributed by atoms with E-state index in [1.807, 2.05) is 26.0 Å². The van der Waals surface area contributed by atoms with Crippen molar-refractivity contribution in [3.8, 4) is 5.75 Å². The minimum Gasteiger partial charge on any atom is -0.493 e. The number of ether oxygens (including phenoxy) is 1. The Morgan fingerprint density at radius 3 is 2.77 bits per heavy atom. The molecule has 3 N–H and O–H groups in total. The summed E-state index contributed by atoms with van der Waals surface area (Å²) in [5.41, 5.74) is 8.41. The van der Waals surface area contributed by atoms with E-state index in [1.54, 1.807) is 0 Å². The smallest absolute Gasteiger partial charge is 0.126 e. The summed E-state index contributed by atoms with van der Waals surface area (Å²) in [4.78, 5) is 2.53. The van der Waals surface area contributed by atoms with Crippen molar-refractivity contribution in [2.24, 2.45) is 11.7 Å². The molecule has 1 aromatic rings. The number of likely N-dealkylation sites (tertiary alicyclic amines) is 1. The molecule has 0 bridgehead atoms. The zero-order valence-electron chi connectivity index (χ0n) is 16.3. The fourth-order valence-corrected chi connectivity index (χ4v) is 4.08. The summed E-state index contributed by atoms with van der Waals surface area (Å²) in [6.07, 6.45) is 8.18. The first-order valence-electron chi connectivity index (χ1n) is 10.1. The maximum Gasteiger partial charge on any atom is 0.126 e. The molecule has 26 heavy (non-hydrogen) atoms. The Kier molecular flexibility index (Phi) is 6.38. The Balaban J connectivity index is 1.96. The third kappa shape index (κ3) is 4.67. The molecule has 1 unspecified atom stereocenters. The molecule has 0 saturated carbocycles. The van der Waals surface area contributed by atoms with Gasteiger partial charge in [0.1, 0.15) is 5.75 Å². The Hall–Kier alpha value is -1.36. The second-order valence-electron chi connectivity index (χ2n) is 8.20. The van der Waals surface area contributed by atoms with E-state index in [0.29, 0.717) is 5.92 Å². The standard InChI is InChI=1S/C22H34N2O2/c1-22(2,25)18-7-8-21-20(16-18)19(9-14-24-12-3-4-13-24)17(6-5-11-23)10-15-26-21/h7-9,16-17,25H,3-6,10-15,23H2,1-2H3/b19-9+. The highest BCUT2D eigenvalue weighted by Gasteiger charge is 2.26. The molecule has 2 heterocycles. The molecule has 0 radical (unpaired) electrons. The highest BCUT2D eigenvalue weighted by Crippen LogP contribution is 2.40. The van der Waals surface area contributed by atoms with Crippen LogP contribution < -0.4 is 10.5 Å². The molecule has 4 heteroatoms. The molecule has 3 rings (SSSR count). The number of rotatable bonds is 6. The number of aliphatic hydroxyl groups is 1. The summed E-state index contributed by atoms with van der Waals surface area (Å²) in [5, 5.41) is 10.5. The van der Waals surface area contributed by atoms with E-state index in [4.69, 9.17) is 10.5 Å². The van der Waals surface area contributed by atoms with Gasteiger partial charge >= 0.3 is 0 Å². The Morgan fingerprint density at radius 2 is 2.08 bits per heavy atom. The minimum absolute atomic E-state index is 0.472. The molecule has 4 nitrogen and oxygen atoms in total. The molecule has 144 valence electrons. The average molecular weight is 359 g/mol. The van der Waals surface area contributed by atoms with E-state index in [-0.39, 0.29) is 0 Å². The first kappa shape index (κ1) is 19.4. The number of nitrogens with zero attached hydrogens (tertiary/aromatic N) is 1. The van der Waals surface area contributed by atoms with Crippen LogP contribution in [-0.4, -0.2) is 42.8 Å². The van der Waals surface area contributed by atoms with Crippen molar-refractivity contribution in [3.05, 3.63) is 35.4 Å². The van der Waals surface area contributed by atoms with Gasteiger partial charge in [0.05, 0.1) is 12.2 Å². The van der Waals surface area contributed by atoms with Crippen molar-refractivity contribution in [1.29, 1.82) is 0 Å². The number of fused-ring (bicyclic) bond motifs is 1. The van der Waals surface area contributed by atoms with E-state index in [0.717, 1.165) is 55.8 Å². The van der Waals surface area contributed by atoms with Crippen LogP contribution in [0.5, 0.6) is 5.75 Å². The Labute approximate surface area is 158 Å². The van der Waals surface area contributed by atoms with Crippen molar-refractivity contribution < 1.29 is 9.84 Å². The van der Waals surface area contributed by atoms with Gasteiger partial charge in [-0.2, -0.15) is 0 Å². The van der Waals surface area contributed by atoms with E-state index in [2.05, 4.69) is 17.0 Å². The van der Waals surface area contributed by atoms with E-state index in [1.165, 1.54) is 31.5 Å². The van der Waals surface area contributed by atoms with Gasteiger partial charge in [-0.25, -0.2) is 0 Å². The van der Waals surface area contributed by atoms with Crippen LogP contribution in [0.2, 0.25) is 0 Å². The maximum atomic E-state index is 10.5. The number of nitrogens with two attached hydrogens (primary N) is 1. The third-order valence-electron chi connectivity index (χ3n) is 5.69. The lowest BCUT2D eigenvalue weighted by atomic mass is 9.84. The zero-order chi connectivity index (χ0) is 18.6. The van der Waals surface area contributed by atoms with Crippen molar-refractivity contribution in [2.45, 2.75) is 51.6 Å². The summed E-state index contributed by atoms with van der Waals surface area (Å²) in [6, 6.07) is 6.14.